The average molecular weight is 366 g/mol. The van der Waals surface area contributed by atoms with E-state index in [1.165, 1.54) is 11.1 Å². The number of rotatable bonds is 5. The predicted octanol–water partition coefficient (Wildman–Crippen LogP) is 3.73. The highest BCUT2D eigenvalue weighted by Crippen LogP contribution is 2.23. The molecular weight excluding hydrogens is 340 g/mol. The molecular formula is C22H26N2O3. The zero-order chi connectivity index (χ0) is 19.4. The van der Waals surface area contributed by atoms with Gasteiger partial charge in [0.1, 0.15) is 5.75 Å². The first-order valence-electron chi connectivity index (χ1n) is 9.32. The van der Waals surface area contributed by atoms with Crippen molar-refractivity contribution in [3.63, 3.8) is 0 Å². The van der Waals surface area contributed by atoms with E-state index in [4.69, 9.17) is 4.74 Å². The Morgan fingerprint density at radius 1 is 1.11 bits per heavy atom. The molecule has 0 fully saturated rings. The fourth-order valence-corrected chi connectivity index (χ4v) is 3.20. The van der Waals surface area contributed by atoms with Gasteiger partial charge in [-0.25, -0.2) is 0 Å². The van der Waals surface area contributed by atoms with Crippen molar-refractivity contribution in [2.45, 2.75) is 39.7 Å². The molecule has 1 N–H and O–H groups in total. The van der Waals surface area contributed by atoms with Crippen molar-refractivity contribution in [3.8, 4) is 5.75 Å². The van der Waals surface area contributed by atoms with Crippen LogP contribution in [0, 0.1) is 0 Å². The van der Waals surface area contributed by atoms with Crippen LogP contribution >= 0.6 is 0 Å². The van der Waals surface area contributed by atoms with Gasteiger partial charge in [0, 0.05) is 25.7 Å². The van der Waals surface area contributed by atoms with E-state index in [-0.39, 0.29) is 18.4 Å². The lowest BCUT2D eigenvalue weighted by molar-refractivity contribution is -0.129. The Morgan fingerprint density at radius 2 is 1.85 bits per heavy atom. The summed E-state index contributed by atoms with van der Waals surface area (Å²) in [6.07, 6.45) is 0.846. The lowest BCUT2D eigenvalue weighted by Crippen LogP contribution is -2.34. The Balaban J connectivity index is 1.56. The average Bonchev–Trinajstić information content (AvgIpc) is 2.66. The van der Waals surface area contributed by atoms with Crippen molar-refractivity contribution in [2.75, 3.05) is 18.5 Å². The molecule has 0 spiro atoms. The van der Waals surface area contributed by atoms with Gasteiger partial charge >= 0.3 is 0 Å². The molecule has 5 heteroatoms. The van der Waals surface area contributed by atoms with Crippen LogP contribution in [-0.2, 0) is 22.6 Å². The SMILES string of the molecule is CC(=O)N1CCc2ccc(NC(=O)COc3ccc(C(C)C)cc3)cc2C1. The summed E-state index contributed by atoms with van der Waals surface area (Å²) in [6.45, 7) is 7.15. The summed E-state index contributed by atoms with van der Waals surface area (Å²) in [5, 5.41) is 2.87. The summed E-state index contributed by atoms with van der Waals surface area (Å²) in [5.74, 6) is 1.01. The number of nitrogens with zero attached hydrogens (tertiary/aromatic N) is 1. The molecule has 0 saturated heterocycles. The molecule has 1 heterocycles. The highest BCUT2D eigenvalue weighted by molar-refractivity contribution is 5.92. The van der Waals surface area contributed by atoms with Gasteiger partial charge < -0.3 is 15.0 Å². The van der Waals surface area contributed by atoms with Gasteiger partial charge in [-0.2, -0.15) is 0 Å². The molecule has 1 aliphatic rings. The number of hydrogen-bond donors (Lipinski definition) is 1. The normalized spacial score (nSPS) is 13.3. The second-order valence-electron chi connectivity index (χ2n) is 7.23. The van der Waals surface area contributed by atoms with Crippen LogP contribution in [0.2, 0.25) is 0 Å². The Hall–Kier alpha value is -2.82. The van der Waals surface area contributed by atoms with Crippen LogP contribution in [0.4, 0.5) is 5.69 Å². The number of ether oxygens (including phenoxy) is 1. The molecule has 0 aromatic heterocycles. The molecule has 2 aromatic carbocycles. The lowest BCUT2D eigenvalue weighted by atomic mass is 9.99. The standard InChI is InChI=1S/C22H26N2O3/c1-15(2)17-5-8-21(9-6-17)27-14-22(26)23-20-7-4-18-10-11-24(16(3)25)13-19(18)12-20/h4-9,12,15H,10-11,13-14H2,1-3H3,(H,23,26). The van der Waals surface area contributed by atoms with Gasteiger partial charge in [0.05, 0.1) is 0 Å². The Kier molecular flexibility index (Phi) is 5.79. The second kappa shape index (κ2) is 8.25. The first kappa shape index (κ1) is 19.0. The summed E-state index contributed by atoms with van der Waals surface area (Å²) in [7, 11) is 0. The van der Waals surface area contributed by atoms with Gasteiger partial charge in [-0.05, 0) is 53.3 Å². The predicted molar refractivity (Wildman–Crippen MR) is 106 cm³/mol. The molecule has 0 unspecified atom stereocenters. The summed E-state index contributed by atoms with van der Waals surface area (Å²) < 4.78 is 5.57. The molecule has 3 rings (SSSR count). The minimum absolute atomic E-state index is 0.0440. The molecule has 5 nitrogen and oxygen atoms in total. The molecule has 2 amide bonds. The van der Waals surface area contributed by atoms with Gasteiger partial charge in [-0.3, -0.25) is 9.59 Å². The van der Waals surface area contributed by atoms with Crippen molar-refractivity contribution in [1.29, 1.82) is 0 Å². The van der Waals surface area contributed by atoms with Crippen molar-refractivity contribution in [1.82, 2.24) is 4.90 Å². The monoisotopic (exact) mass is 366 g/mol. The number of carbonyl (C=O) groups is 2. The fourth-order valence-electron chi connectivity index (χ4n) is 3.20. The highest BCUT2D eigenvalue weighted by atomic mass is 16.5. The summed E-state index contributed by atoms with van der Waals surface area (Å²) in [4.78, 5) is 25.6. The van der Waals surface area contributed by atoms with Crippen molar-refractivity contribution >= 4 is 17.5 Å². The van der Waals surface area contributed by atoms with Crippen LogP contribution in [0.5, 0.6) is 5.75 Å². The van der Waals surface area contributed by atoms with E-state index >= 15 is 0 Å². The van der Waals surface area contributed by atoms with E-state index in [0.717, 1.165) is 24.2 Å². The maximum Gasteiger partial charge on any atom is 0.262 e. The zero-order valence-corrected chi connectivity index (χ0v) is 16.1. The molecule has 2 aromatic rings. The van der Waals surface area contributed by atoms with Crippen LogP contribution in [0.15, 0.2) is 42.5 Å². The van der Waals surface area contributed by atoms with Crippen LogP contribution in [-0.4, -0.2) is 29.9 Å². The third-order valence-electron chi connectivity index (χ3n) is 4.86. The van der Waals surface area contributed by atoms with Crippen molar-refractivity contribution in [2.24, 2.45) is 0 Å². The van der Waals surface area contributed by atoms with Gasteiger partial charge in [0.25, 0.3) is 5.91 Å². The third kappa shape index (κ3) is 4.88. The largest absolute Gasteiger partial charge is 0.484 e. The van der Waals surface area contributed by atoms with E-state index in [0.29, 0.717) is 18.2 Å². The Labute approximate surface area is 160 Å². The number of nitrogens with one attached hydrogen (secondary N) is 1. The van der Waals surface area contributed by atoms with Crippen LogP contribution < -0.4 is 10.1 Å². The van der Waals surface area contributed by atoms with Gasteiger partial charge in [-0.1, -0.05) is 32.0 Å². The molecule has 0 radical (unpaired) electrons. The fraction of sp³-hybridized carbons (Fsp3) is 0.364. The van der Waals surface area contributed by atoms with Crippen molar-refractivity contribution in [3.05, 3.63) is 59.2 Å². The number of carbonyl (C=O) groups excluding carboxylic acids is 2. The number of anilines is 1. The smallest absolute Gasteiger partial charge is 0.262 e. The van der Waals surface area contributed by atoms with E-state index in [1.807, 2.05) is 47.4 Å². The van der Waals surface area contributed by atoms with Gasteiger partial charge in [0.2, 0.25) is 5.91 Å². The molecule has 27 heavy (non-hydrogen) atoms. The Morgan fingerprint density at radius 3 is 2.52 bits per heavy atom. The number of fused-ring (bicyclic) bond motifs is 1. The molecule has 1 aliphatic heterocycles. The molecule has 0 atom stereocenters. The maximum absolute atomic E-state index is 12.2. The summed E-state index contributed by atoms with van der Waals surface area (Å²) >= 11 is 0. The first-order valence-corrected chi connectivity index (χ1v) is 9.32. The first-order chi connectivity index (χ1) is 12.9. The maximum atomic E-state index is 12.2. The van der Waals surface area contributed by atoms with Crippen LogP contribution in [0.1, 0.15) is 43.4 Å². The number of hydrogen-bond acceptors (Lipinski definition) is 3. The van der Waals surface area contributed by atoms with E-state index in [9.17, 15) is 9.59 Å². The minimum Gasteiger partial charge on any atom is -0.484 e. The number of benzene rings is 2. The van der Waals surface area contributed by atoms with Crippen LogP contribution in [0.25, 0.3) is 0 Å². The van der Waals surface area contributed by atoms with Gasteiger partial charge in [0.15, 0.2) is 6.61 Å². The van der Waals surface area contributed by atoms with Crippen LogP contribution in [0.3, 0.4) is 0 Å². The molecule has 142 valence electrons. The molecule has 0 aliphatic carbocycles. The van der Waals surface area contributed by atoms with E-state index in [2.05, 4.69) is 19.2 Å². The summed E-state index contributed by atoms with van der Waals surface area (Å²) in [5.41, 5.74) is 4.27. The number of amides is 2. The molecule has 0 saturated carbocycles. The topological polar surface area (TPSA) is 58.6 Å². The van der Waals surface area contributed by atoms with E-state index < -0.39 is 0 Å². The van der Waals surface area contributed by atoms with E-state index in [1.54, 1.807) is 6.92 Å². The minimum atomic E-state index is -0.206. The third-order valence-corrected chi connectivity index (χ3v) is 4.86. The quantitative estimate of drug-likeness (QED) is 0.877. The molecule has 0 bridgehead atoms. The van der Waals surface area contributed by atoms with Gasteiger partial charge in [-0.15, -0.1) is 0 Å². The second-order valence-corrected chi connectivity index (χ2v) is 7.23. The highest BCUT2D eigenvalue weighted by Gasteiger charge is 2.18. The van der Waals surface area contributed by atoms with Crippen molar-refractivity contribution < 1.29 is 14.3 Å². The Bertz CT molecular complexity index is 828. The lowest BCUT2D eigenvalue weighted by Gasteiger charge is -2.28. The summed E-state index contributed by atoms with van der Waals surface area (Å²) in [6, 6.07) is 13.7. The zero-order valence-electron chi connectivity index (χ0n) is 16.1.